The summed E-state index contributed by atoms with van der Waals surface area (Å²) in [6, 6.07) is 6.94. The Morgan fingerprint density at radius 3 is 2.55 bits per heavy atom. The first-order chi connectivity index (χ1) is 9.35. The highest BCUT2D eigenvalue weighted by atomic mass is 32.2. The van der Waals surface area contributed by atoms with Crippen LogP contribution in [0.3, 0.4) is 0 Å². The Morgan fingerprint density at radius 2 is 1.95 bits per heavy atom. The van der Waals surface area contributed by atoms with Crippen LogP contribution in [0.15, 0.2) is 33.6 Å². The molecule has 0 amide bonds. The van der Waals surface area contributed by atoms with Crippen LogP contribution < -0.4 is 10.5 Å². The topological polar surface area (TPSA) is 85.3 Å². The molecule has 0 aliphatic carbocycles. The summed E-state index contributed by atoms with van der Waals surface area (Å²) in [6.45, 7) is 5.58. The monoisotopic (exact) mass is 294 g/mol. The van der Waals surface area contributed by atoms with E-state index in [9.17, 15) is 8.42 Å². The van der Waals surface area contributed by atoms with Crippen LogP contribution >= 0.6 is 0 Å². The number of rotatable bonds is 4. The quantitative estimate of drug-likeness (QED) is 0.907. The Labute approximate surface area is 118 Å². The minimum atomic E-state index is -3.67. The van der Waals surface area contributed by atoms with Crippen LogP contribution in [0.5, 0.6) is 0 Å². The first-order valence-electron chi connectivity index (χ1n) is 6.23. The van der Waals surface area contributed by atoms with Gasteiger partial charge in [0.25, 0.3) is 10.0 Å². The van der Waals surface area contributed by atoms with E-state index < -0.39 is 10.0 Å². The van der Waals surface area contributed by atoms with E-state index in [0.29, 0.717) is 17.2 Å². The summed E-state index contributed by atoms with van der Waals surface area (Å²) >= 11 is 0. The van der Waals surface area contributed by atoms with Crippen LogP contribution in [0.1, 0.15) is 22.6 Å². The van der Waals surface area contributed by atoms with Gasteiger partial charge in [0.2, 0.25) is 0 Å². The van der Waals surface area contributed by atoms with Gasteiger partial charge in [0, 0.05) is 6.07 Å². The van der Waals surface area contributed by atoms with Gasteiger partial charge >= 0.3 is 0 Å². The molecule has 6 heteroatoms. The smallest absolute Gasteiger partial charge is 0.265 e. The maximum Gasteiger partial charge on any atom is 0.265 e. The van der Waals surface area contributed by atoms with Crippen LogP contribution in [-0.2, 0) is 16.6 Å². The summed E-state index contributed by atoms with van der Waals surface area (Å²) in [7, 11) is -3.67. The van der Waals surface area contributed by atoms with E-state index in [0.717, 1.165) is 11.1 Å². The average Bonchev–Trinajstić information content (AvgIpc) is 2.77. The Morgan fingerprint density at radius 1 is 1.25 bits per heavy atom. The highest BCUT2D eigenvalue weighted by molar-refractivity contribution is 7.92. The van der Waals surface area contributed by atoms with Gasteiger partial charge in [0.05, 0.1) is 12.2 Å². The highest BCUT2D eigenvalue weighted by Crippen LogP contribution is 2.25. The van der Waals surface area contributed by atoms with Gasteiger partial charge < -0.3 is 10.2 Å². The van der Waals surface area contributed by atoms with Gasteiger partial charge in [0.15, 0.2) is 0 Å². The largest absolute Gasteiger partial charge is 0.464 e. The van der Waals surface area contributed by atoms with Crippen molar-refractivity contribution in [1.29, 1.82) is 0 Å². The van der Waals surface area contributed by atoms with Crippen LogP contribution in [0.4, 0.5) is 5.69 Å². The predicted molar refractivity (Wildman–Crippen MR) is 78.1 cm³/mol. The van der Waals surface area contributed by atoms with Crippen molar-refractivity contribution >= 4 is 15.7 Å². The van der Waals surface area contributed by atoms with E-state index in [1.54, 1.807) is 13.0 Å². The molecule has 0 atom stereocenters. The molecule has 0 aliphatic rings. The van der Waals surface area contributed by atoms with Gasteiger partial charge in [-0.3, -0.25) is 4.72 Å². The zero-order valence-corrected chi connectivity index (χ0v) is 12.5. The van der Waals surface area contributed by atoms with E-state index in [2.05, 4.69) is 4.72 Å². The molecule has 5 nitrogen and oxygen atoms in total. The molecule has 1 heterocycles. The van der Waals surface area contributed by atoms with Crippen molar-refractivity contribution in [3.63, 3.8) is 0 Å². The number of anilines is 1. The van der Waals surface area contributed by atoms with Gasteiger partial charge in [0.1, 0.15) is 16.4 Å². The maximum atomic E-state index is 12.4. The first kappa shape index (κ1) is 14.6. The van der Waals surface area contributed by atoms with Crippen molar-refractivity contribution in [2.45, 2.75) is 32.2 Å². The normalized spacial score (nSPS) is 11.6. The number of benzene rings is 1. The molecule has 0 unspecified atom stereocenters. The lowest BCUT2D eigenvalue weighted by Crippen LogP contribution is -2.14. The van der Waals surface area contributed by atoms with Crippen molar-refractivity contribution in [2.24, 2.45) is 5.73 Å². The molecule has 0 radical (unpaired) electrons. The van der Waals surface area contributed by atoms with Crippen LogP contribution in [0.25, 0.3) is 0 Å². The minimum absolute atomic E-state index is 0.124. The number of hydrogen-bond acceptors (Lipinski definition) is 4. The second kappa shape index (κ2) is 5.30. The zero-order valence-electron chi connectivity index (χ0n) is 11.7. The molecule has 1 aromatic heterocycles. The molecule has 1 aromatic carbocycles. The number of aryl methyl sites for hydroxylation is 2. The standard InChI is InChI=1S/C14H18N2O3S/c1-9-5-4-6-13(10(9)2)16-20(17,18)14-7-12(8-15)19-11(14)3/h4-7,16H,8,15H2,1-3H3. The fraction of sp³-hybridized carbons (Fsp3) is 0.286. The molecular formula is C14H18N2O3S. The lowest BCUT2D eigenvalue weighted by molar-refractivity contribution is 0.479. The van der Waals surface area contributed by atoms with Gasteiger partial charge in [-0.2, -0.15) is 0 Å². The molecule has 0 bridgehead atoms. The molecule has 108 valence electrons. The molecule has 0 saturated carbocycles. The zero-order chi connectivity index (χ0) is 14.9. The third-order valence-electron chi connectivity index (χ3n) is 3.26. The highest BCUT2D eigenvalue weighted by Gasteiger charge is 2.22. The number of furan rings is 1. The van der Waals surface area contributed by atoms with Gasteiger partial charge in [-0.05, 0) is 38.0 Å². The summed E-state index contributed by atoms with van der Waals surface area (Å²) in [5.41, 5.74) is 7.96. The fourth-order valence-corrected chi connectivity index (χ4v) is 3.28. The number of nitrogens with two attached hydrogens (primary N) is 1. The summed E-state index contributed by atoms with van der Waals surface area (Å²) < 4.78 is 32.7. The van der Waals surface area contributed by atoms with Gasteiger partial charge in [-0.1, -0.05) is 12.1 Å². The fourth-order valence-electron chi connectivity index (χ4n) is 1.95. The molecule has 0 saturated heterocycles. The van der Waals surface area contributed by atoms with E-state index in [1.165, 1.54) is 6.07 Å². The Balaban J connectivity index is 2.40. The van der Waals surface area contributed by atoms with Crippen molar-refractivity contribution in [2.75, 3.05) is 4.72 Å². The molecule has 2 rings (SSSR count). The second-order valence-corrected chi connectivity index (χ2v) is 6.34. The maximum absolute atomic E-state index is 12.4. The second-order valence-electron chi connectivity index (χ2n) is 4.69. The number of nitrogens with one attached hydrogen (secondary N) is 1. The predicted octanol–water partition coefficient (Wildman–Crippen LogP) is 2.46. The third kappa shape index (κ3) is 2.71. The molecule has 0 aliphatic heterocycles. The van der Waals surface area contributed by atoms with Crippen molar-refractivity contribution < 1.29 is 12.8 Å². The Bertz CT molecular complexity index is 733. The lowest BCUT2D eigenvalue weighted by atomic mass is 10.1. The lowest BCUT2D eigenvalue weighted by Gasteiger charge is -2.11. The number of hydrogen-bond donors (Lipinski definition) is 2. The average molecular weight is 294 g/mol. The molecule has 20 heavy (non-hydrogen) atoms. The SMILES string of the molecule is Cc1cccc(NS(=O)(=O)c2cc(CN)oc2C)c1C. The van der Waals surface area contributed by atoms with E-state index in [4.69, 9.17) is 10.2 Å². The summed E-state index contributed by atoms with van der Waals surface area (Å²) in [5.74, 6) is 0.784. The molecule has 2 aromatic rings. The minimum Gasteiger partial charge on any atom is -0.464 e. The van der Waals surface area contributed by atoms with Crippen molar-refractivity contribution in [3.05, 3.63) is 46.9 Å². The molecule has 0 spiro atoms. The van der Waals surface area contributed by atoms with Crippen LogP contribution in [0.2, 0.25) is 0 Å². The summed E-state index contributed by atoms with van der Waals surface area (Å²) in [4.78, 5) is 0.124. The van der Waals surface area contributed by atoms with Crippen LogP contribution in [-0.4, -0.2) is 8.42 Å². The van der Waals surface area contributed by atoms with E-state index >= 15 is 0 Å². The molecular weight excluding hydrogens is 276 g/mol. The third-order valence-corrected chi connectivity index (χ3v) is 4.74. The number of sulfonamides is 1. The Kier molecular flexibility index (Phi) is 3.87. The van der Waals surface area contributed by atoms with Crippen molar-refractivity contribution in [3.8, 4) is 0 Å². The summed E-state index contributed by atoms with van der Waals surface area (Å²) in [6.07, 6.45) is 0. The van der Waals surface area contributed by atoms with Gasteiger partial charge in [-0.25, -0.2) is 8.42 Å². The van der Waals surface area contributed by atoms with Gasteiger partial charge in [-0.15, -0.1) is 0 Å². The Hall–Kier alpha value is -1.79. The van der Waals surface area contributed by atoms with Crippen LogP contribution in [0, 0.1) is 20.8 Å². The molecule has 0 fully saturated rings. The van der Waals surface area contributed by atoms with E-state index in [1.807, 2.05) is 26.0 Å². The first-order valence-corrected chi connectivity index (χ1v) is 7.72. The van der Waals surface area contributed by atoms with Crippen molar-refractivity contribution in [1.82, 2.24) is 0 Å². The summed E-state index contributed by atoms with van der Waals surface area (Å²) in [5, 5.41) is 0. The van der Waals surface area contributed by atoms with E-state index in [-0.39, 0.29) is 11.4 Å². The molecule has 3 N–H and O–H groups in total.